The lowest BCUT2D eigenvalue weighted by atomic mass is 9.98. The number of aryl methyl sites for hydroxylation is 1. The Hall–Kier alpha value is -4.71. The SMILES string of the molecule is Cc1ccc(N2C(=O)c3oc4ccccc4c(=O)c3C2c2cccc(OCc3ccccc3)c2)nc1. The van der Waals surface area contributed by atoms with Crippen LogP contribution in [-0.4, -0.2) is 10.9 Å². The standard InChI is InChI=1S/C30H22N2O4/c1-19-14-15-25(31-17-19)32-27(21-10-7-11-22(16-21)35-18-20-8-3-2-4-9-20)26-28(33)23-12-5-6-13-24(23)36-29(26)30(32)34/h2-17,27H,18H2,1H3. The van der Waals surface area contributed by atoms with E-state index in [0.29, 0.717) is 34.7 Å². The van der Waals surface area contributed by atoms with Gasteiger partial charge in [0.05, 0.1) is 17.0 Å². The second kappa shape index (κ2) is 8.82. The highest BCUT2D eigenvalue weighted by atomic mass is 16.5. The van der Waals surface area contributed by atoms with Crippen molar-refractivity contribution in [2.75, 3.05) is 4.90 Å². The maximum atomic E-state index is 13.7. The first-order chi connectivity index (χ1) is 17.6. The Morgan fingerprint density at radius 1 is 0.917 bits per heavy atom. The first-order valence-electron chi connectivity index (χ1n) is 11.7. The zero-order valence-corrected chi connectivity index (χ0v) is 19.5. The van der Waals surface area contributed by atoms with Gasteiger partial charge in [-0.05, 0) is 53.9 Å². The van der Waals surface area contributed by atoms with E-state index in [-0.39, 0.29) is 11.2 Å². The number of carbonyl (C=O) groups is 1. The van der Waals surface area contributed by atoms with E-state index >= 15 is 0 Å². The number of anilines is 1. The van der Waals surface area contributed by atoms with Gasteiger partial charge in [-0.25, -0.2) is 4.98 Å². The summed E-state index contributed by atoms with van der Waals surface area (Å²) in [5.74, 6) is 0.729. The van der Waals surface area contributed by atoms with E-state index < -0.39 is 11.9 Å². The van der Waals surface area contributed by atoms with Gasteiger partial charge in [-0.1, -0.05) is 60.7 Å². The number of benzene rings is 3. The summed E-state index contributed by atoms with van der Waals surface area (Å²) in [6.45, 7) is 2.33. The number of hydrogen-bond donors (Lipinski definition) is 0. The third-order valence-electron chi connectivity index (χ3n) is 6.34. The predicted molar refractivity (Wildman–Crippen MR) is 137 cm³/mol. The van der Waals surface area contributed by atoms with Crippen LogP contribution in [0, 0.1) is 6.92 Å². The van der Waals surface area contributed by atoms with Crippen molar-refractivity contribution in [2.45, 2.75) is 19.6 Å². The molecule has 6 rings (SSSR count). The van der Waals surface area contributed by atoms with E-state index in [1.807, 2.05) is 67.6 Å². The Morgan fingerprint density at radius 2 is 1.72 bits per heavy atom. The van der Waals surface area contributed by atoms with Gasteiger partial charge in [0, 0.05) is 6.20 Å². The number of para-hydroxylation sites is 1. The van der Waals surface area contributed by atoms with Gasteiger partial charge >= 0.3 is 0 Å². The van der Waals surface area contributed by atoms with E-state index in [4.69, 9.17) is 9.15 Å². The fourth-order valence-corrected chi connectivity index (χ4v) is 4.59. The molecule has 0 bridgehead atoms. The molecule has 3 heterocycles. The Morgan fingerprint density at radius 3 is 2.53 bits per heavy atom. The van der Waals surface area contributed by atoms with Crippen molar-refractivity contribution in [1.82, 2.24) is 4.98 Å². The number of pyridine rings is 1. The van der Waals surface area contributed by atoms with Crippen LogP contribution in [0.4, 0.5) is 5.82 Å². The summed E-state index contributed by atoms with van der Waals surface area (Å²) in [5.41, 5.74) is 3.21. The molecule has 5 aromatic rings. The molecule has 36 heavy (non-hydrogen) atoms. The third kappa shape index (κ3) is 3.73. The fourth-order valence-electron chi connectivity index (χ4n) is 4.59. The van der Waals surface area contributed by atoms with Crippen molar-refractivity contribution in [1.29, 1.82) is 0 Å². The fraction of sp³-hybridized carbons (Fsp3) is 0.100. The van der Waals surface area contributed by atoms with Crippen LogP contribution in [0.1, 0.15) is 38.9 Å². The number of nitrogens with zero attached hydrogens (tertiary/aromatic N) is 2. The molecule has 0 radical (unpaired) electrons. The summed E-state index contributed by atoms with van der Waals surface area (Å²) in [6, 6.07) is 27.3. The van der Waals surface area contributed by atoms with Crippen LogP contribution < -0.4 is 15.1 Å². The molecule has 1 aliphatic rings. The van der Waals surface area contributed by atoms with Crippen molar-refractivity contribution in [3.05, 3.63) is 135 Å². The van der Waals surface area contributed by atoms with Crippen molar-refractivity contribution in [2.24, 2.45) is 0 Å². The van der Waals surface area contributed by atoms with Crippen molar-refractivity contribution in [3.8, 4) is 5.75 Å². The molecule has 6 nitrogen and oxygen atoms in total. The van der Waals surface area contributed by atoms with Gasteiger partial charge in [0.1, 0.15) is 23.8 Å². The number of carbonyl (C=O) groups excluding carboxylic acids is 1. The smallest absolute Gasteiger partial charge is 0.296 e. The zero-order chi connectivity index (χ0) is 24.6. The maximum Gasteiger partial charge on any atom is 0.296 e. The normalized spacial score (nSPS) is 14.8. The van der Waals surface area contributed by atoms with Gasteiger partial charge in [-0.15, -0.1) is 0 Å². The molecule has 1 amide bonds. The van der Waals surface area contributed by atoms with E-state index in [1.54, 1.807) is 36.5 Å². The molecule has 3 aromatic carbocycles. The van der Waals surface area contributed by atoms with Gasteiger partial charge in [0.15, 0.2) is 5.43 Å². The number of fused-ring (bicyclic) bond motifs is 2. The Balaban J connectivity index is 1.48. The van der Waals surface area contributed by atoms with Crippen LogP contribution in [0.15, 0.2) is 106 Å². The lowest BCUT2D eigenvalue weighted by molar-refractivity contribution is 0.0970. The highest BCUT2D eigenvalue weighted by molar-refractivity contribution is 6.10. The minimum absolute atomic E-state index is 0.0432. The molecule has 1 aliphatic heterocycles. The van der Waals surface area contributed by atoms with E-state index in [0.717, 1.165) is 16.7 Å². The number of hydrogen-bond acceptors (Lipinski definition) is 5. The number of aromatic nitrogens is 1. The molecule has 2 aromatic heterocycles. The van der Waals surface area contributed by atoms with Crippen molar-refractivity contribution < 1.29 is 13.9 Å². The lowest BCUT2D eigenvalue weighted by Crippen LogP contribution is -2.30. The first-order valence-corrected chi connectivity index (χ1v) is 11.7. The van der Waals surface area contributed by atoms with E-state index in [2.05, 4.69) is 4.98 Å². The highest BCUT2D eigenvalue weighted by Crippen LogP contribution is 2.41. The third-order valence-corrected chi connectivity index (χ3v) is 6.34. The molecular formula is C30H22N2O4. The molecule has 0 fully saturated rings. The summed E-state index contributed by atoms with van der Waals surface area (Å²) in [5, 5.41) is 0.434. The lowest BCUT2D eigenvalue weighted by Gasteiger charge is -2.24. The van der Waals surface area contributed by atoms with Crippen LogP contribution in [0.2, 0.25) is 0 Å². The van der Waals surface area contributed by atoms with Gasteiger partial charge in [0.25, 0.3) is 5.91 Å². The van der Waals surface area contributed by atoms with Crippen molar-refractivity contribution >= 4 is 22.7 Å². The summed E-state index contributed by atoms with van der Waals surface area (Å²) in [7, 11) is 0. The molecule has 1 unspecified atom stereocenters. The van der Waals surface area contributed by atoms with Crippen LogP contribution in [0.3, 0.4) is 0 Å². The van der Waals surface area contributed by atoms with Crippen LogP contribution in [0.25, 0.3) is 11.0 Å². The number of ether oxygens (including phenoxy) is 1. The summed E-state index contributed by atoms with van der Waals surface area (Å²) in [6.07, 6.45) is 1.70. The molecule has 0 aliphatic carbocycles. The first kappa shape index (κ1) is 21.8. The molecule has 0 saturated heterocycles. The van der Waals surface area contributed by atoms with Crippen LogP contribution in [-0.2, 0) is 6.61 Å². The number of amides is 1. The van der Waals surface area contributed by atoms with Gasteiger partial charge in [-0.2, -0.15) is 0 Å². The largest absolute Gasteiger partial charge is 0.489 e. The van der Waals surface area contributed by atoms with E-state index in [9.17, 15) is 9.59 Å². The number of rotatable bonds is 5. The molecule has 0 spiro atoms. The summed E-state index contributed by atoms with van der Waals surface area (Å²) >= 11 is 0. The van der Waals surface area contributed by atoms with E-state index in [1.165, 1.54) is 4.90 Å². The van der Waals surface area contributed by atoms with Crippen LogP contribution >= 0.6 is 0 Å². The molecule has 176 valence electrons. The average Bonchev–Trinajstić information content (AvgIpc) is 3.21. The van der Waals surface area contributed by atoms with Crippen LogP contribution in [0.5, 0.6) is 5.75 Å². The predicted octanol–water partition coefficient (Wildman–Crippen LogP) is 5.83. The maximum absolute atomic E-state index is 13.7. The topological polar surface area (TPSA) is 72.6 Å². The second-order valence-electron chi connectivity index (χ2n) is 8.79. The molecule has 1 atom stereocenters. The van der Waals surface area contributed by atoms with Gasteiger partial charge in [0.2, 0.25) is 5.76 Å². The Kier molecular flexibility index (Phi) is 5.34. The molecule has 0 N–H and O–H groups in total. The quantitative estimate of drug-likeness (QED) is 0.321. The van der Waals surface area contributed by atoms with Gasteiger partial charge < -0.3 is 9.15 Å². The monoisotopic (exact) mass is 474 g/mol. The minimum atomic E-state index is -0.705. The molecular weight excluding hydrogens is 452 g/mol. The zero-order valence-electron chi connectivity index (χ0n) is 19.5. The molecule has 6 heteroatoms. The summed E-state index contributed by atoms with van der Waals surface area (Å²) in [4.78, 5) is 33.4. The molecule has 0 saturated carbocycles. The average molecular weight is 475 g/mol. The van der Waals surface area contributed by atoms with Gasteiger partial charge in [-0.3, -0.25) is 14.5 Å². The van der Waals surface area contributed by atoms with Crippen molar-refractivity contribution in [3.63, 3.8) is 0 Å². The highest BCUT2D eigenvalue weighted by Gasteiger charge is 2.44. The second-order valence-corrected chi connectivity index (χ2v) is 8.79. The summed E-state index contributed by atoms with van der Waals surface area (Å²) < 4.78 is 12.1. The Bertz CT molecular complexity index is 1640. The minimum Gasteiger partial charge on any atom is -0.489 e. The Labute approximate surface area is 207 Å².